The minimum atomic E-state index is -0.581. The third kappa shape index (κ3) is 4.50. The SMILES string of the molecule is O=C(C=CNNC(=O)c1cccc([N+](=O)[O-])c1)c1ccccc1. The van der Waals surface area contributed by atoms with Crippen molar-refractivity contribution in [2.24, 2.45) is 0 Å². The summed E-state index contributed by atoms with van der Waals surface area (Å²) in [5.41, 5.74) is 5.27. The van der Waals surface area contributed by atoms with E-state index in [-0.39, 0.29) is 17.0 Å². The molecule has 0 heterocycles. The number of nitro benzene ring substituents is 1. The molecule has 2 aromatic carbocycles. The predicted molar refractivity (Wildman–Crippen MR) is 83.6 cm³/mol. The summed E-state index contributed by atoms with van der Waals surface area (Å²) in [6.07, 6.45) is 2.55. The molecule has 0 atom stereocenters. The normalized spacial score (nSPS) is 10.3. The molecular formula is C16H13N3O4. The summed E-state index contributed by atoms with van der Waals surface area (Å²) in [5.74, 6) is -0.770. The Labute approximate surface area is 131 Å². The van der Waals surface area contributed by atoms with Gasteiger partial charge in [-0.15, -0.1) is 0 Å². The van der Waals surface area contributed by atoms with E-state index in [1.54, 1.807) is 30.3 Å². The molecule has 7 heteroatoms. The Morgan fingerprint density at radius 3 is 2.39 bits per heavy atom. The quantitative estimate of drug-likeness (QED) is 0.369. The number of allylic oxidation sites excluding steroid dienone is 1. The molecule has 2 aromatic rings. The van der Waals surface area contributed by atoms with Gasteiger partial charge in [0.2, 0.25) is 0 Å². The first-order chi connectivity index (χ1) is 11.1. The van der Waals surface area contributed by atoms with Crippen molar-refractivity contribution in [3.05, 3.63) is 88.1 Å². The van der Waals surface area contributed by atoms with Crippen LogP contribution in [-0.2, 0) is 0 Å². The highest BCUT2D eigenvalue weighted by atomic mass is 16.6. The number of hydrogen-bond donors (Lipinski definition) is 2. The molecule has 0 unspecified atom stereocenters. The van der Waals surface area contributed by atoms with Crippen LogP contribution >= 0.6 is 0 Å². The van der Waals surface area contributed by atoms with E-state index in [9.17, 15) is 19.7 Å². The molecule has 116 valence electrons. The Morgan fingerprint density at radius 1 is 1.00 bits per heavy atom. The zero-order valence-electron chi connectivity index (χ0n) is 11.9. The smallest absolute Gasteiger partial charge is 0.270 e. The summed E-state index contributed by atoms with van der Waals surface area (Å²) in [6.45, 7) is 0. The molecule has 0 saturated heterocycles. The van der Waals surface area contributed by atoms with Gasteiger partial charge in [0.1, 0.15) is 0 Å². The van der Waals surface area contributed by atoms with Crippen molar-refractivity contribution in [3.63, 3.8) is 0 Å². The molecule has 0 aliphatic carbocycles. The number of carbonyl (C=O) groups excluding carboxylic acids is 2. The van der Waals surface area contributed by atoms with E-state index in [0.29, 0.717) is 5.56 Å². The first-order valence-corrected chi connectivity index (χ1v) is 6.64. The number of rotatable bonds is 6. The van der Waals surface area contributed by atoms with Crippen molar-refractivity contribution in [2.75, 3.05) is 0 Å². The van der Waals surface area contributed by atoms with Crippen LogP contribution in [0, 0.1) is 10.1 Å². The van der Waals surface area contributed by atoms with Gasteiger partial charge in [0.25, 0.3) is 11.6 Å². The maximum Gasteiger partial charge on any atom is 0.270 e. The number of benzene rings is 2. The topological polar surface area (TPSA) is 101 Å². The Bertz CT molecular complexity index is 757. The van der Waals surface area contributed by atoms with Crippen LogP contribution in [0.3, 0.4) is 0 Å². The third-order valence-electron chi connectivity index (χ3n) is 2.88. The number of amides is 1. The highest BCUT2D eigenvalue weighted by Gasteiger charge is 2.10. The van der Waals surface area contributed by atoms with Crippen LogP contribution in [-0.4, -0.2) is 16.6 Å². The summed E-state index contributed by atoms with van der Waals surface area (Å²) >= 11 is 0. The van der Waals surface area contributed by atoms with Crippen LogP contribution < -0.4 is 10.9 Å². The second-order valence-electron chi connectivity index (χ2n) is 4.47. The lowest BCUT2D eigenvalue weighted by Gasteiger charge is -2.04. The summed E-state index contributed by atoms with van der Waals surface area (Å²) in [6, 6.07) is 14.0. The minimum absolute atomic E-state index is 0.134. The van der Waals surface area contributed by atoms with Crippen LogP contribution in [0.1, 0.15) is 20.7 Å². The highest BCUT2D eigenvalue weighted by Crippen LogP contribution is 2.12. The standard InChI is InChI=1S/C16H13N3O4/c20-15(12-5-2-1-3-6-12)9-10-17-18-16(21)13-7-4-8-14(11-13)19(22)23/h1-11,17H,(H,18,21). The third-order valence-corrected chi connectivity index (χ3v) is 2.88. The van der Waals surface area contributed by atoms with Gasteiger partial charge >= 0.3 is 0 Å². The maximum absolute atomic E-state index is 11.8. The van der Waals surface area contributed by atoms with E-state index >= 15 is 0 Å². The van der Waals surface area contributed by atoms with Gasteiger partial charge in [-0.1, -0.05) is 36.4 Å². The number of hydrazine groups is 1. The van der Waals surface area contributed by atoms with Crippen molar-refractivity contribution in [3.8, 4) is 0 Å². The van der Waals surface area contributed by atoms with E-state index in [1.807, 2.05) is 0 Å². The molecule has 0 radical (unpaired) electrons. The van der Waals surface area contributed by atoms with E-state index < -0.39 is 10.8 Å². The van der Waals surface area contributed by atoms with Crippen molar-refractivity contribution in [1.29, 1.82) is 0 Å². The lowest BCUT2D eigenvalue weighted by atomic mass is 10.1. The molecule has 0 aromatic heterocycles. The number of carbonyl (C=O) groups is 2. The van der Waals surface area contributed by atoms with Crippen molar-refractivity contribution < 1.29 is 14.5 Å². The van der Waals surface area contributed by atoms with Gasteiger partial charge in [0, 0.05) is 35.5 Å². The van der Waals surface area contributed by atoms with Crippen molar-refractivity contribution in [1.82, 2.24) is 10.9 Å². The van der Waals surface area contributed by atoms with E-state index in [4.69, 9.17) is 0 Å². The monoisotopic (exact) mass is 311 g/mol. The summed E-state index contributed by atoms with van der Waals surface area (Å²) < 4.78 is 0. The van der Waals surface area contributed by atoms with Gasteiger partial charge in [-0.2, -0.15) is 0 Å². The average Bonchev–Trinajstić information content (AvgIpc) is 2.59. The molecule has 0 spiro atoms. The molecule has 0 fully saturated rings. The summed E-state index contributed by atoms with van der Waals surface area (Å²) in [7, 11) is 0. The van der Waals surface area contributed by atoms with Gasteiger partial charge in [0.05, 0.1) is 4.92 Å². The molecule has 2 N–H and O–H groups in total. The number of ketones is 1. The van der Waals surface area contributed by atoms with Crippen LogP contribution in [0.5, 0.6) is 0 Å². The Hall–Kier alpha value is -3.48. The van der Waals surface area contributed by atoms with Crippen molar-refractivity contribution in [2.45, 2.75) is 0 Å². The molecule has 0 bridgehead atoms. The molecule has 1 amide bonds. The van der Waals surface area contributed by atoms with Crippen LogP contribution in [0.4, 0.5) is 5.69 Å². The number of hydrogen-bond acceptors (Lipinski definition) is 5. The second-order valence-corrected chi connectivity index (χ2v) is 4.47. The zero-order chi connectivity index (χ0) is 16.7. The molecule has 0 aliphatic rings. The van der Waals surface area contributed by atoms with Gasteiger partial charge in [0.15, 0.2) is 5.78 Å². The number of nitro groups is 1. The fraction of sp³-hybridized carbons (Fsp3) is 0. The van der Waals surface area contributed by atoms with E-state index in [2.05, 4.69) is 10.9 Å². The molecule has 0 aliphatic heterocycles. The molecule has 0 saturated carbocycles. The first kappa shape index (κ1) is 15.9. The maximum atomic E-state index is 11.8. The van der Waals surface area contributed by atoms with Crippen LogP contribution in [0.2, 0.25) is 0 Å². The Morgan fingerprint density at radius 2 is 1.70 bits per heavy atom. The van der Waals surface area contributed by atoms with Crippen molar-refractivity contribution >= 4 is 17.4 Å². The van der Waals surface area contributed by atoms with Crippen LogP contribution in [0.25, 0.3) is 0 Å². The second kappa shape index (κ2) is 7.51. The molecule has 7 nitrogen and oxygen atoms in total. The first-order valence-electron chi connectivity index (χ1n) is 6.64. The highest BCUT2D eigenvalue weighted by molar-refractivity contribution is 6.04. The lowest BCUT2D eigenvalue weighted by Crippen LogP contribution is -2.33. The summed E-state index contributed by atoms with van der Waals surface area (Å²) in [4.78, 5) is 33.7. The molecule has 2 rings (SSSR count). The van der Waals surface area contributed by atoms with E-state index in [1.165, 1.54) is 30.5 Å². The average molecular weight is 311 g/mol. The van der Waals surface area contributed by atoms with Gasteiger partial charge in [-0.3, -0.25) is 25.1 Å². The largest absolute Gasteiger partial charge is 0.305 e. The van der Waals surface area contributed by atoms with Gasteiger partial charge < -0.3 is 5.43 Å². The summed E-state index contributed by atoms with van der Waals surface area (Å²) in [5, 5.41) is 10.7. The Balaban J connectivity index is 1.90. The molecule has 23 heavy (non-hydrogen) atoms. The Kier molecular flexibility index (Phi) is 5.19. The fourth-order valence-electron chi connectivity index (χ4n) is 1.76. The number of nitrogens with zero attached hydrogens (tertiary/aromatic N) is 1. The predicted octanol–water partition coefficient (Wildman–Crippen LogP) is 2.23. The molecular weight excluding hydrogens is 298 g/mol. The zero-order valence-corrected chi connectivity index (χ0v) is 11.9. The number of nitrogens with one attached hydrogen (secondary N) is 2. The fourth-order valence-corrected chi connectivity index (χ4v) is 1.76. The lowest BCUT2D eigenvalue weighted by molar-refractivity contribution is -0.384. The minimum Gasteiger partial charge on any atom is -0.305 e. The van der Waals surface area contributed by atoms with Crippen LogP contribution in [0.15, 0.2) is 66.9 Å². The van der Waals surface area contributed by atoms with Gasteiger partial charge in [-0.05, 0) is 6.07 Å². The number of non-ortho nitro benzene ring substituents is 1. The van der Waals surface area contributed by atoms with Gasteiger partial charge in [-0.25, -0.2) is 0 Å². The van der Waals surface area contributed by atoms with E-state index in [0.717, 1.165) is 6.07 Å².